The molecule has 6 nitrogen and oxygen atoms in total. The van der Waals surface area contributed by atoms with Crippen LogP contribution in [0.25, 0.3) is 0 Å². The Morgan fingerprint density at radius 2 is 1.83 bits per heavy atom. The second-order valence-electron chi connectivity index (χ2n) is 5.35. The molecule has 2 N–H and O–H groups in total. The van der Waals surface area contributed by atoms with Gasteiger partial charge in [0.2, 0.25) is 0 Å². The van der Waals surface area contributed by atoms with Gasteiger partial charge in [-0.1, -0.05) is 18.2 Å². The fourth-order valence-electron chi connectivity index (χ4n) is 2.67. The van der Waals surface area contributed by atoms with Crippen molar-refractivity contribution in [3.63, 3.8) is 0 Å². The van der Waals surface area contributed by atoms with Crippen molar-refractivity contribution in [1.29, 1.82) is 0 Å². The van der Waals surface area contributed by atoms with E-state index in [0.29, 0.717) is 24.5 Å². The first kappa shape index (κ1) is 15.1. The van der Waals surface area contributed by atoms with Gasteiger partial charge in [0.1, 0.15) is 18.8 Å². The van der Waals surface area contributed by atoms with Gasteiger partial charge >= 0.3 is 6.03 Å². The lowest BCUT2D eigenvalue weighted by Crippen LogP contribution is -2.51. The molecule has 1 aliphatic rings. The molecule has 6 heteroatoms. The van der Waals surface area contributed by atoms with Gasteiger partial charge in [-0.2, -0.15) is 0 Å². The first-order valence-electron chi connectivity index (χ1n) is 7.68. The van der Waals surface area contributed by atoms with Gasteiger partial charge in [-0.25, -0.2) is 9.78 Å². The van der Waals surface area contributed by atoms with E-state index in [-0.39, 0.29) is 6.03 Å². The van der Waals surface area contributed by atoms with E-state index < -0.39 is 0 Å². The summed E-state index contributed by atoms with van der Waals surface area (Å²) in [4.78, 5) is 19.7. The fourth-order valence-corrected chi connectivity index (χ4v) is 2.67. The highest BCUT2D eigenvalue weighted by Gasteiger charge is 2.26. The van der Waals surface area contributed by atoms with E-state index in [4.69, 9.17) is 4.74 Å². The molecule has 1 aromatic carbocycles. The highest BCUT2D eigenvalue weighted by atomic mass is 16.5. The summed E-state index contributed by atoms with van der Waals surface area (Å²) in [5.41, 5.74) is 0.693. The number of H-pyrrole nitrogens is 1. The number of methoxy groups -OCH3 is 1. The van der Waals surface area contributed by atoms with Crippen LogP contribution in [0.4, 0.5) is 16.3 Å². The van der Waals surface area contributed by atoms with E-state index in [9.17, 15) is 4.79 Å². The van der Waals surface area contributed by atoms with Gasteiger partial charge in [-0.15, -0.1) is 0 Å². The molecule has 0 bridgehead atoms. The molecule has 0 spiro atoms. The molecule has 0 aliphatic carbocycles. The molecule has 0 atom stereocenters. The molecule has 23 heavy (non-hydrogen) atoms. The Morgan fingerprint density at radius 3 is 2.52 bits per heavy atom. The lowest BCUT2D eigenvalue weighted by Gasteiger charge is -2.31. The first-order chi connectivity index (χ1) is 11.3. The van der Waals surface area contributed by atoms with Gasteiger partial charge in [0.25, 0.3) is 5.82 Å². The van der Waals surface area contributed by atoms with Crippen molar-refractivity contribution in [3.8, 4) is 5.75 Å². The van der Waals surface area contributed by atoms with Crippen molar-refractivity contribution in [1.82, 2.24) is 4.90 Å². The Kier molecular flexibility index (Phi) is 4.61. The topological polar surface area (TPSA) is 59.0 Å². The van der Waals surface area contributed by atoms with Crippen LogP contribution in [0.1, 0.15) is 0 Å². The average molecular weight is 313 g/mol. The molecule has 0 radical (unpaired) electrons. The summed E-state index contributed by atoms with van der Waals surface area (Å²) in [6.07, 6.45) is 1.91. The summed E-state index contributed by atoms with van der Waals surface area (Å²) in [7, 11) is 1.60. The molecule has 0 unspecified atom stereocenters. The zero-order valence-corrected chi connectivity index (χ0v) is 13.2. The number of benzene rings is 1. The number of nitrogens with one attached hydrogen (secondary N) is 2. The summed E-state index contributed by atoms with van der Waals surface area (Å²) in [5.74, 6) is 1.75. The van der Waals surface area contributed by atoms with Crippen LogP contribution >= 0.6 is 0 Å². The number of carbonyl (C=O) groups excluding carboxylic acids is 1. The number of pyridine rings is 1. The molecular weight excluding hydrogens is 292 g/mol. The lowest BCUT2D eigenvalue weighted by atomic mass is 10.3. The predicted octanol–water partition coefficient (Wildman–Crippen LogP) is 1.86. The van der Waals surface area contributed by atoms with Gasteiger partial charge in [-0.3, -0.25) is 4.90 Å². The molecule has 2 aromatic rings. The minimum Gasteiger partial charge on any atom is -0.495 e. The van der Waals surface area contributed by atoms with Crippen LogP contribution in [0.2, 0.25) is 0 Å². The number of ether oxygens (including phenoxy) is 1. The molecule has 1 aromatic heterocycles. The third-order valence-electron chi connectivity index (χ3n) is 3.95. The number of rotatable bonds is 3. The quantitative estimate of drug-likeness (QED) is 0.941. The van der Waals surface area contributed by atoms with Crippen molar-refractivity contribution < 1.29 is 14.5 Å². The maximum atomic E-state index is 12.4. The number of amides is 2. The summed E-state index contributed by atoms with van der Waals surface area (Å²) in [5, 5.41) is 2.92. The summed E-state index contributed by atoms with van der Waals surface area (Å²) >= 11 is 0. The number of anilines is 2. The van der Waals surface area contributed by atoms with Crippen LogP contribution < -0.4 is 19.9 Å². The van der Waals surface area contributed by atoms with Crippen LogP contribution in [0, 0.1) is 0 Å². The molecule has 2 heterocycles. The molecule has 0 saturated carbocycles. The zero-order valence-electron chi connectivity index (χ0n) is 13.2. The van der Waals surface area contributed by atoms with Gasteiger partial charge < -0.3 is 15.0 Å². The Balaban J connectivity index is 1.58. The fraction of sp³-hybridized carbons (Fsp3) is 0.294. The average Bonchev–Trinajstić information content (AvgIpc) is 2.63. The monoisotopic (exact) mass is 313 g/mol. The predicted molar refractivity (Wildman–Crippen MR) is 88.8 cm³/mol. The van der Waals surface area contributed by atoms with Gasteiger partial charge in [0.15, 0.2) is 0 Å². The number of para-hydroxylation sites is 2. The number of urea groups is 1. The van der Waals surface area contributed by atoms with Crippen molar-refractivity contribution in [2.24, 2.45) is 0 Å². The highest BCUT2D eigenvalue weighted by molar-refractivity contribution is 5.91. The Bertz CT molecular complexity index is 655. The van der Waals surface area contributed by atoms with Crippen molar-refractivity contribution in [3.05, 3.63) is 48.7 Å². The third-order valence-corrected chi connectivity index (χ3v) is 3.95. The second kappa shape index (κ2) is 7.00. The molecule has 1 fully saturated rings. The number of hydrogen-bond acceptors (Lipinski definition) is 3. The Morgan fingerprint density at radius 1 is 1.09 bits per heavy atom. The van der Waals surface area contributed by atoms with Crippen molar-refractivity contribution >= 4 is 17.5 Å². The van der Waals surface area contributed by atoms with E-state index in [0.717, 1.165) is 18.9 Å². The van der Waals surface area contributed by atoms with Crippen LogP contribution in [-0.4, -0.2) is 44.2 Å². The Labute approximate surface area is 135 Å². The van der Waals surface area contributed by atoms with E-state index in [1.54, 1.807) is 7.11 Å². The molecule has 2 amide bonds. The highest BCUT2D eigenvalue weighted by Crippen LogP contribution is 2.23. The molecular formula is C17H21N4O2+. The normalized spacial score (nSPS) is 14.5. The van der Waals surface area contributed by atoms with Gasteiger partial charge in [0.05, 0.1) is 32.1 Å². The maximum Gasteiger partial charge on any atom is 0.322 e. The number of nitrogens with zero attached hydrogens (tertiary/aromatic N) is 2. The van der Waals surface area contributed by atoms with Crippen LogP contribution in [0.15, 0.2) is 48.7 Å². The van der Waals surface area contributed by atoms with Crippen molar-refractivity contribution in [2.75, 3.05) is 43.5 Å². The third kappa shape index (κ3) is 3.53. The molecule has 1 saturated heterocycles. The van der Waals surface area contributed by atoms with Crippen molar-refractivity contribution in [2.45, 2.75) is 0 Å². The largest absolute Gasteiger partial charge is 0.495 e. The summed E-state index contributed by atoms with van der Waals surface area (Å²) in [6.45, 7) is 2.98. The number of aromatic amines is 1. The number of aromatic nitrogens is 1. The summed E-state index contributed by atoms with van der Waals surface area (Å²) in [6, 6.07) is 13.3. The Hall–Kier alpha value is -2.76. The van der Waals surface area contributed by atoms with Gasteiger partial charge in [0, 0.05) is 6.07 Å². The SMILES string of the molecule is COc1ccccc1NC(=O)N1CCN(c2cccc[nH+]2)CC1. The van der Waals surface area contributed by atoms with E-state index >= 15 is 0 Å². The molecule has 120 valence electrons. The minimum atomic E-state index is -0.0915. The van der Waals surface area contributed by atoms with E-state index in [2.05, 4.69) is 15.2 Å². The van der Waals surface area contributed by atoms with Crippen LogP contribution in [0.5, 0.6) is 5.75 Å². The molecule has 1 aliphatic heterocycles. The van der Waals surface area contributed by atoms with Crippen LogP contribution in [-0.2, 0) is 0 Å². The number of piperazine rings is 1. The second-order valence-corrected chi connectivity index (χ2v) is 5.35. The van der Waals surface area contributed by atoms with Gasteiger partial charge in [-0.05, 0) is 18.2 Å². The summed E-state index contributed by atoms with van der Waals surface area (Å²) < 4.78 is 5.26. The minimum absolute atomic E-state index is 0.0915. The number of carbonyl (C=O) groups is 1. The first-order valence-corrected chi connectivity index (χ1v) is 7.68. The van der Waals surface area contributed by atoms with Crippen LogP contribution in [0.3, 0.4) is 0 Å². The van der Waals surface area contributed by atoms with E-state index in [1.165, 1.54) is 0 Å². The lowest BCUT2D eigenvalue weighted by molar-refractivity contribution is -0.364. The van der Waals surface area contributed by atoms with E-state index in [1.807, 2.05) is 53.6 Å². The number of hydrogen-bond donors (Lipinski definition) is 1. The maximum absolute atomic E-state index is 12.4. The standard InChI is InChI=1S/C17H20N4O2/c1-23-15-7-3-2-6-14(15)19-17(22)21-12-10-20(11-13-21)16-8-4-5-9-18-16/h2-9H,10-13H2,1H3,(H,19,22)/p+1. The zero-order chi connectivity index (χ0) is 16.1. The smallest absolute Gasteiger partial charge is 0.322 e. The molecule has 3 rings (SSSR count).